The minimum absolute atomic E-state index is 0.146. The number of benzene rings is 1. The molecule has 0 saturated heterocycles. The van der Waals surface area contributed by atoms with Crippen molar-refractivity contribution in [2.45, 2.75) is 31.7 Å². The van der Waals surface area contributed by atoms with Crippen LogP contribution in [0.1, 0.15) is 35.2 Å². The van der Waals surface area contributed by atoms with Gasteiger partial charge in [-0.3, -0.25) is 4.79 Å². The zero-order valence-electron chi connectivity index (χ0n) is 9.99. The number of rotatable bonds is 3. The van der Waals surface area contributed by atoms with E-state index in [1.165, 1.54) is 0 Å². The summed E-state index contributed by atoms with van der Waals surface area (Å²) in [7, 11) is 0. The number of hydrogen-bond acceptors (Lipinski definition) is 3. The molecule has 1 aromatic carbocycles. The molecule has 2 rings (SSSR count). The van der Waals surface area contributed by atoms with E-state index in [2.05, 4.69) is 5.32 Å². The Morgan fingerprint density at radius 1 is 1.53 bits per heavy atom. The molecule has 1 aliphatic rings. The first kappa shape index (κ1) is 11.9. The van der Waals surface area contributed by atoms with Gasteiger partial charge in [-0.25, -0.2) is 0 Å². The SMILES string of the molecule is Cc1c(O)cccc1C(=O)NC1(CN)CCC1. The molecule has 17 heavy (non-hydrogen) atoms. The molecule has 0 heterocycles. The highest BCUT2D eigenvalue weighted by Gasteiger charge is 2.37. The maximum Gasteiger partial charge on any atom is 0.252 e. The van der Waals surface area contributed by atoms with Crippen molar-refractivity contribution in [3.8, 4) is 5.75 Å². The lowest BCUT2D eigenvalue weighted by Crippen LogP contribution is -2.58. The molecule has 0 bridgehead atoms. The zero-order chi connectivity index (χ0) is 12.5. The molecule has 1 amide bonds. The summed E-state index contributed by atoms with van der Waals surface area (Å²) in [4.78, 5) is 12.1. The molecule has 1 aliphatic carbocycles. The maximum absolute atomic E-state index is 12.1. The summed E-state index contributed by atoms with van der Waals surface area (Å²) in [5.41, 5.74) is 6.60. The van der Waals surface area contributed by atoms with E-state index in [-0.39, 0.29) is 17.2 Å². The van der Waals surface area contributed by atoms with Crippen molar-refractivity contribution >= 4 is 5.91 Å². The number of phenolic OH excluding ortho intramolecular Hbond substituents is 1. The van der Waals surface area contributed by atoms with Gasteiger partial charge >= 0.3 is 0 Å². The lowest BCUT2D eigenvalue weighted by Gasteiger charge is -2.41. The van der Waals surface area contributed by atoms with Crippen molar-refractivity contribution in [1.29, 1.82) is 0 Å². The molecule has 1 fully saturated rings. The van der Waals surface area contributed by atoms with E-state index in [9.17, 15) is 9.90 Å². The van der Waals surface area contributed by atoms with Crippen molar-refractivity contribution in [3.63, 3.8) is 0 Å². The molecule has 0 spiro atoms. The van der Waals surface area contributed by atoms with Crippen LogP contribution in [0.3, 0.4) is 0 Å². The highest BCUT2D eigenvalue weighted by atomic mass is 16.3. The van der Waals surface area contributed by atoms with Gasteiger partial charge in [0.15, 0.2) is 0 Å². The molecule has 0 aliphatic heterocycles. The largest absolute Gasteiger partial charge is 0.508 e. The standard InChI is InChI=1S/C13H18N2O2/c1-9-10(4-2-5-11(9)16)12(17)15-13(8-14)6-3-7-13/h2,4-5,16H,3,6-8,14H2,1H3,(H,15,17). The van der Waals surface area contributed by atoms with Crippen molar-refractivity contribution in [2.75, 3.05) is 6.54 Å². The highest BCUT2D eigenvalue weighted by molar-refractivity contribution is 5.96. The minimum atomic E-state index is -0.227. The fraction of sp³-hybridized carbons (Fsp3) is 0.462. The number of hydrogen-bond donors (Lipinski definition) is 3. The molecule has 92 valence electrons. The van der Waals surface area contributed by atoms with Crippen molar-refractivity contribution < 1.29 is 9.90 Å². The molecular weight excluding hydrogens is 216 g/mol. The lowest BCUT2D eigenvalue weighted by atomic mass is 9.76. The topological polar surface area (TPSA) is 75.3 Å². The van der Waals surface area contributed by atoms with Gasteiger partial charge < -0.3 is 16.2 Å². The van der Waals surface area contributed by atoms with E-state index in [4.69, 9.17) is 5.73 Å². The van der Waals surface area contributed by atoms with Crippen LogP contribution in [0, 0.1) is 6.92 Å². The van der Waals surface area contributed by atoms with Crippen LogP contribution in [0.15, 0.2) is 18.2 Å². The third-order valence-corrected chi connectivity index (χ3v) is 3.63. The van der Waals surface area contributed by atoms with Crippen LogP contribution in [0.5, 0.6) is 5.75 Å². The summed E-state index contributed by atoms with van der Waals surface area (Å²) >= 11 is 0. The van der Waals surface area contributed by atoms with Gasteiger partial charge in [-0.2, -0.15) is 0 Å². The number of carbonyl (C=O) groups excluding carboxylic acids is 1. The summed E-state index contributed by atoms with van der Waals surface area (Å²) < 4.78 is 0. The third-order valence-electron chi connectivity index (χ3n) is 3.63. The Balaban J connectivity index is 2.17. The van der Waals surface area contributed by atoms with E-state index < -0.39 is 0 Å². The van der Waals surface area contributed by atoms with Crippen LogP contribution in [0.4, 0.5) is 0 Å². The van der Waals surface area contributed by atoms with Gasteiger partial charge in [0.1, 0.15) is 5.75 Å². The minimum Gasteiger partial charge on any atom is -0.508 e. The van der Waals surface area contributed by atoms with Crippen molar-refractivity contribution in [1.82, 2.24) is 5.32 Å². The normalized spacial score (nSPS) is 17.3. The van der Waals surface area contributed by atoms with Crippen LogP contribution >= 0.6 is 0 Å². The molecule has 4 nitrogen and oxygen atoms in total. The molecule has 0 atom stereocenters. The summed E-state index contributed by atoms with van der Waals surface area (Å²) in [6, 6.07) is 4.97. The zero-order valence-corrected chi connectivity index (χ0v) is 9.99. The predicted molar refractivity (Wildman–Crippen MR) is 65.9 cm³/mol. The monoisotopic (exact) mass is 234 g/mol. The van der Waals surface area contributed by atoms with E-state index in [1.54, 1.807) is 25.1 Å². The van der Waals surface area contributed by atoms with Crippen LogP contribution in [0.2, 0.25) is 0 Å². The fourth-order valence-corrected chi connectivity index (χ4v) is 2.16. The van der Waals surface area contributed by atoms with Crippen molar-refractivity contribution in [3.05, 3.63) is 29.3 Å². The van der Waals surface area contributed by atoms with E-state index in [0.29, 0.717) is 17.7 Å². The maximum atomic E-state index is 12.1. The van der Waals surface area contributed by atoms with E-state index in [0.717, 1.165) is 19.3 Å². The molecule has 4 N–H and O–H groups in total. The molecular formula is C13H18N2O2. The van der Waals surface area contributed by atoms with Gasteiger partial charge in [-0.1, -0.05) is 6.07 Å². The second-order valence-corrected chi connectivity index (χ2v) is 4.74. The average molecular weight is 234 g/mol. The van der Waals surface area contributed by atoms with Gasteiger partial charge in [0.2, 0.25) is 0 Å². The number of carbonyl (C=O) groups is 1. The highest BCUT2D eigenvalue weighted by Crippen LogP contribution is 2.31. The Hall–Kier alpha value is -1.55. The first-order valence-corrected chi connectivity index (χ1v) is 5.89. The number of aromatic hydroxyl groups is 1. The smallest absolute Gasteiger partial charge is 0.252 e. The van der Waals surface area contributed by atoms with Gasteiger partial charge in [-0.15, -0.1) is 0 Å². The Kier molecular flexibility index (Phi) is 3.07. The first-order chi connectivity index (χ1) is 8.08. The fourth-order valence-electron chi connectivity index (χ4n) is 2.16. The second-order valence-electron chi connectivity index (χ2n) is 4.74. The lowest BCUT2D eigenvalue weighted by molar-refractivity contribution is 0.0836. The Morgan fingerprint density at radius 2 is 2.24 bits per heavy atom. The van der Waals surface area contributed by atoms with E-state index >= 15 is 0 Å². The Morgan fingerprint density at radius 3 is 2.76 bits per heavy atom. The van der Waals surface area contributed by atoms with Gasteiger partial charge in [0, 0.05) is 17.7 Å². The summed E-state index contributed by atoms with van der Waals surface area (Å²) in [5.74, 6) is -0.00314. The van der Waals surface area contributed by atoms with Gasteiger partial charge in [-0.05, 0) is 38.3 Å². The number of phenols is 1. The number of nitrogens with two attached hydrogens (primary N) is 1. The quantitative estimate of drug-likeness (QED) is 0.738. The summed E-state index contributed by atoms with van der Waals surface area (Å²) in [6.07, 6.45) is 2.98. The van der Waals surface area contributed by atoms with E-state index in [1.807, 2.05) is 0 Å². The number of amides is 1. The molecule has 0 aromatic heterocycles. The van der Waals surface area contributed by atoms with Crippen molar-refractivity contribution in [2.24, 2.45) is 5.73 Å². The summed E-state index contributed by atoms with van der Waals surface area (Å²) in [5, 5.41) is 12.6. The molecule has 1 saturated carbocycles. The Bertz CT molecular complexity index is 434. The van der Waals surface area contributed by atoms with Crippen LogP contribution in [-0.2, 0) is 0 Å². The summed E-state index contributed by atoms with van der Waals surface area (Å²) in [6.45, 7) is 2.21. The second kappa shape index (κ2) is 4.37. The molecule has 1 aromatic rings. The Labute approximate surface area is 101 Å². The van der Waals surface area contributed by atoms with Gasteiger partial charge in [0.05, 0.1) is 5.54 Å². The average Bonchev–Trinajstić information content (AvgIpc) is 2.27. The number of nitrogens with one attached hydrogen (secondary N) is 1. The first-order valence-electron chi connectivity index (χ1n) is 5.89. The molecule has 0 unspecified atom stereocenters. The van der Waals surface area contributed by atoms with Crippen LogP contribution in [-0.4, -0.2) is 23.1 Å². The molecule has 4 heteroatoms. The van der Waals surface area contributed by atoms with Crippen LogP contribution in [0.25, 0.3) is 0 Å². The molecule has 0 radical (unpaired) electrons. The van der Waals surface area contributed by atoms with Crippen LogP contribution < -0.4 is 11.1 Å². The van der Waals surface area contributed by atoms with Gasteiger partial charge in [0.25, 0.3) is 5.91 Å². The predicted octanol–water partition coefficient (Wildman–Crippen LogP) is 1.31. The third kappa shape index (κ3) is 2.13.